The van der Waals surface area contributed by atoms with Crippen LogP contribution < -0.4 is 4.74 Å². The van der Waals surface area contributed by atoms with Crippen molar-refractivity contribution < 1.29 is 14.6 Å². The minimum atomic E-state index is -0.758. The Kier molecular flexibility index (Phi) is 2.93. The van der Waals surface area contributed by atoms with Gasteiger partial charge in [0.2, 0.25) is 0 Å². The highest BCUT2D eigenvalue weighted by molar-refractivity contribution is 5.89. The van der Waals surface area contributed by atoms with Gasteiger partial charge in [-0.15, -0.1) is 0 Å². The largest absolute Gasteiger partial charge is 0.488 e. The smallest absolute Gasteiger partial charge is 0.303 e. The van der Waals surface area contributed by atoms with E-state index in [-0.39, 0.29) is 17.9 Å². The van der Waals surface area contributed by atoms with Gasteiger partial charge >= 0.3 is 5.97 Å². The van der Waals surface area contributed by atoms with Crippen molar-refractivity contribution in [1.82, 2.24) is 0 Å². The van der Waals surface area contributed by atoms with Crippen LogP contribution in [0.25, 0.3) is 10.8 Å². The molecule has 0 saturated heterocycles. The van der Waals surface area contributed by atoms with Crippen LogP contribution in [0, 0.1) is 0 Å². The summed E-state index contributed by atoms with van der Waals surface area (Å²) in [6.07, 6.45) is 0.869. The molecule has 104 valence electrons. The van der Waals surface area contributed by atoms with Crippen LogP contribution in [0.5, 0.6) is 5.75 Å². The summed E-state index contributed by atoms with van der Waals surface area (Å²) in [4.78, 5) is 11.2. The average Bonchev–Trinajstić information content (AvgIpc) is 2.35. The number of carboxylic acids is 1. The molecule has 0 saturated carbocycles. The highest BCUT2D eigenvalue weighted by Crippen LogP contribution is 2.45. The van der Waals surface area contributed by atoms with E-state index in [0.717, 1.165) is 28.5 Å². The van der Waals surface area contributed by atoms with Crippen molar-refractivity contribution in [3.8, 4) is 5.75 Å². The first-order valence-electron chi connectivity index (χ1n) is 6.89. The Bertz CT molecular complexity index is 673. The lowest BCUT2D eigenvalue weighted by molar-refractivity contribution is -0.137. The molecule has 20 heavy (non-hydrogen) atoms. The molecule has 3 heteroatoms. The molecule has 0 bridgehead atoms. The summed E-state index contributed by atoms with van der Waals surface area (Å²) in [5.74, 6) is 0.0649. The molecule has 0 radical (unpaired) electrons. The van der Waals surface area contributed by atoms with Gasteiger partial charge in [0, 0.05) is 11.5 Å². The second-order valence-electron chi connectivity index (χ2n) is 6.06. The fourth-order valence-corrected chi connectivity index (χ4v) is 3.21. The van der Waals surface area contributed by atoms with Crippen molar-refractivity contribution >= 4 is 16.7 Å². The Morgan fingerprint density at radius 2 is 2.05 bits per heavy atom. The van der Waals surface area contributed by atoms with Gasteiger partial charge in [0.05, 0.1) is 6.42 Å². The van der Waals surface area contributed by atoms with Crippen molar-refractivity contribution in [3.05, 3.63) is 42.0 Å². The monoisotopic (exact) mass is 270 g/mol. The molecule has 2 aromatic rings. The topological polar surface area (TPSA) is 46.5 Å². The van der Waals surface area contributed by atoms with Gasteiger partial charge in [0.15, 0.2) is 0 Å². The molecule has 1 aliphatic rings. The second kappa shape index (κ2) is 4.51. The summed E-state index contributed by atoms with van der Waals surface area (Å²) < 4.78 is 6.05. The zero-order valence-electron chi connectivity index (χ0n) is 11.7. The van der Waals surface area contributed by atoms with E-state index < -0.39 is 5.97 Å². The van der Waals surface area contributed by atoms with E-state index in [4.69, 9.17) is 4.74 Å². The Labute approximate surface area is 118 Å². The predicted molar refractivity (Wildman–Crippen MR) is 78.3 cm³/mol. The molecule has 0 aliphatic carbocycles. The molecule has 3 nitrogen and oxygen atoms in total. The van der Waals surface area contributed by atoms with Gasteiger partial charge in [-0.3, -0.25) is 4.79 Å². The number of rotatable bonds is 2. The quantitative estimate of drug-likeness (QED) is 0.898. The van der Waals surface area contributed by atoms with Gasteiger partial charge in [-0.2, -0.15) is 0 Å². The molecule has 0 aromatic heterocycles. The minimum absolute atomic E-state index is 0.00245. The summed E-state index contributed by atoms with van der Waals surface area (Å²) in [6, 6.07) is 12.1. The van der Waals surface area contributed by atoms with Gasteiger partial charge in [0.1, 0.15) is 11.4 Å². The fraction of sp³-hybridized carbons (Fsp3) is 0.353. The standard InChI is InChI=1S/C17H18O3/c1-17(2)10-12(9-15(18)19)16-13-6-4-3-5-11(13)7-8-14(16)20-17/h3-8,12H,9-10H2,1-2H3,(H,18,19). The van der Waals surface area contributed by atoms with Gasteiger partial charge < -0.3 is 9.84 Å². The normalized spacial score (nSPS) is 20.2. The fourth-order valence-electron chi connectivity index (χ4n) is 3.21. The first-order chi connectivity index (χ1) is 9.46. The zero-order valence-corrected chi connectivity index (χ0v) is 11.7. The summed E-state index contributed by atoms with van der Waals surface area (Å²) in [5, 5.41) is 11.4. The molecule has 1 aliphatic heterocycles. The molecule has 2 aromatic carbocycles. The lowest BCUT2D eigenvalue weighted by atomic mass is 9.80. The Hall–Kier alpha value is -2.03. The highest BCUT2D eigenvalue weighted by atomic mass is 16.5. The molecule has 1 atom stereocenters. The van der Waals surface area contributed by atoms with Crippen molar-refractivity contribution in [2.45, 2.75) is 38.2 Å². The highest BCUT2D eigenvalue weighted by Gasteiger charge is 2.35. The van der Waals surface area contributed by atoms with E-state index in [9.17, 15) is 9.90 Å². The minimum Gasteiger partial charge on any atom is -0.488 e. The van der Waals surface area contributed by atoms with Crippen LogP contribution in [-0.4, -0.2) is 16.7 Å². The first kappa shape index (κ1) is 13.0. The summed E-state index contributed by atoms with van der Waals surface area (Å²) in [6.45, 7) is 4.03. The third kappa shape index (κ3) is 2.24. The Morgan fingerprint density at radius 1 is 1.30 bits per heavy atom. The van der Waals surface area contributed by atoms with Crippen LogP contribution in [0.4, 0.5) is 0 Å². The number of aliphatic carboxylic acids is 1. The third-order valence-corrected chi connectivity index (χ3v) is 3.88. The van der Waals surface area contributed by atoms with Crippen LogP contribution in [0.2, 0.25) is 0 Å². The van der Waals surface area contributed by atoms with E-state index in [1.54, 1.807) is 0 Å². The van der Waals surface area contributed by atoms with Crippen LogP contribution in [-0.2, 0) is 4.79 Å². The second-order valence-corrected chi connectivity index (χ2v) is 6.06. The number of hydrogen-bond donors (Lipinski definition) is 1. The zero-order chi connectivity index (χ0) is 14.3. The molecule has 3 rings (SSSR count). The number of fused-ring (bicyclic) bond motifs is 3. The Balaban J connectivity index is 2.20. The molecule has 1 unspecified atom stereocenters. The lowest BCUT2D eigenvalue weighted by Crippen LogP contribution is -2.35. The van der Waals surface area contributed by atoms with Gasteiger partial charge in [-0.25, -0.2) is 0 Å². The SMILES string of the molecule is CC1(C)CC(CC(=O)O)c2c(ccc3ccccc23)O1. The van der Waals surface area contributed by atoms with Crippen molar-refractivity contribution in [2.24, 2.45) is 0 Å². The maximum atomic E-state index is 11.2. The van der Waals surface area contributed by atoms with E-state index in [1.807, 2.05) is 50.2 Å². The van der Waals surface area contributed by atoms with E-state index in [2.05, 4.69) is 0 Å². The summed E-state index contributed by atoms with van der Waals surface area (Å²) in [5.41, 5.74) is 0.722. The molecule has 0 spiro atoms. The lowest BCUT2D eigenvalue weighted by Gasteiger charge is -2.37. The van der Waals surface area contributed by atoms with Gasteiger partial charge in [-0.1, -0.05) is 30.3 Å². The van der Waals surface area contributed by atoms with Crippen LogP contribution in [0.15, 0.2) is 36.4 Å². The van der Waals surface area contributed by atoms with Crippen LogP contribution in [0.3, 0.4) is 0 Å². The van der Waals surface area contributed by atoms with E-state index in [0.29, 0.717) is 0 Å². The number of carbonyl (C=O) groups is 1. The maximum absolute atomic E-state index is 11.2. The average molecular weight is 270 g/mol. The Morgan fingerprint density at radius 3 is 2.80 bits per heavy atom. The molecular formula is C17H18O3. The van der Waals surface area contributed by atoms with Gasteiger partial charge in [0.25, 0.3) is 0 Å². The van der Waals surface area contributed by atoms with E-state index >= 15 is 0 Å². The predicted octanol–water partition coefficient (Wildman–Crippen LogP) is 3.96. The van der Waals surface area contributed by atoms with Crippen molar-refractivity contribution in [1.29, 1.82) is 0 Å². The molecule has 0 amide bonds. The van der Waals surface area contributed by atoms with Crippen LogP contribution in [0.1, 0.15) is 38.2 Å². The molecule has 1 heterocycles. The van der Waals surface area contributed by atoms with Crippen molar-refractivity contribution in [3.63, 3.8) is 0 Å². The maximum Gasteiger partial charge on any atom is 0.303 e. The molecule has 1 N–H and O–H groups in total. The van der Waals surface area contributed by atoms with E-state index in [1.165, 1.54) is 0 Å². The number of benzene rings is 2. The third-order valence-electron chi connectivity index (χ3n) is 3.88. The summed E-state index contributed by atoms with van der Waals surface area (Å²) in [7, 11) is 0. The van der Waals surface area contributed by atoms with Crippen LogP contribution >= 0.6 is 0 Å². The molecule has 0 fully saturated rings. The summed E-state index contributed by atoms with van der Waals surface area (Å²) >= 11 is 0. The number of ether oxygens (including phenoxy) is 1. The van der Waals surface area contributed by atoms with Crippen molar-refractivity contribution in [2.75, 3.05) is 0 Å². The number of hydrogen-bond acceptors (Lipinski definition) is 2. The van der Waals surface area contributed by atoms with Gasteiger partial charge in [-0.05, 0) is 37.1 Å². The first-order valence-corrected chi connectivity index (χ1v) is 6.89. The number of carboxylic acid groups (broad SMARTS) is 1. The molecular weight excluding hydrogens is 252 g/mol.